The summed E-state index contributed by atoms with van der Waals surface area (Å²) in [6, 6.07) is 8.03. The van der Waals surface area contributed by atoms with Crippen LogP contribution in [0.25, 0.3) is 0 Å². The van der Waals surface area contributed by atoms with Crippen molar-refractivity contribution < 1.29 is 19.1 Å². The van der Waals surface area contributed by atoms with Crippen molar-refractivity contribution in [2.24, 2.45) is 0 Å². The van der Waals surface area contributed by atoms with Crippen molar-refractivity contribution in [2.75, 3.05) is 52.6 Å². The smallest absolute Gasteiger partial charge is 0.263 e. The highest BCUT2D eigenvalue weighted by atomic mass is 16.7. The van der Waals surface area contributed by atoms with E-state index in [9.17, 15) is 14.9 Å². The van der Waals surface area contributed by atoms with Gasteiger partial charge in [-0.15, -0.1) is 0 Å². The summed E-state index contributed by atoms with van der Waals surface area (Å²) in [5.74, 6) is 1.41. The summed E-state index contributed by atoms with van der Waals surface area (Å²) in [7, 11) is 0. The Morgan fingerprint density at radius 2 is 1.97 bits per heavy atom. The zero-order valence-corrected chi connectivity index (χ0v) is 18.2. The molecule has 0 saturated carbocycles. The number of amides is 2. The number of hydrogen-bond acceptors (Lipinski definition) is 7. The molecule has 0 spiro atoms. The monoisotopic (exact) mass is 439 g/mol. The van der Waals surface area contributed by atoms with Gasteiger partial charge in [-0.25, -0.2) is 0 Å². The first-order valence-corrected chi connectivity index (χ1v) is 11.2. The highest BCUT2D eigenvalue weighted by Gasteiger charge is 2.21. The summed E-state index contributed by atoms with van der Waals surface area (Å²) in [6.45, 7) is 6.18. The molecule has 0 bridgehead atoms. The molecule has 9 nitrogen and oxygen atoms in total. The Hall–Kier alpha value is -3.25. The predicted octanol–water partition coefficient (Wildman–Crippen LogP) is 1.07. The molecule has 0 unspecified atom stereocenters. The van der Waals surface area contributed by atoms with Gasteiger partial charge in [-0.1, -0.05) is 6.07 Å². The average molecular weight is 440 g/mol. The quantitative estimate of drug-likeness (QED) is 0.368. The van der Waals surface area contributed by atoms with Crippen LogP contribution in [-0.4, -0.2) is 79.1 Å². The Balaban J connectivity index is 1.19. The van der Waals surface area contributed by atoms with Crippen LogP contribution in [-0.2, 0) is 16.1 Å². The number of carbonyl (C=O) groups is 2. The zero-order chi connectivity index (χ0) is 22.3. The number of nitrogens with one attached hydrogen (secondary N) is 1. The normalized spacial score (nSPS) is 18.7. The first-order chi connectivity index (χ1) is 15.6. The highest BCUT2D eigenvalue weighted by molar-refractivity contribution is 5.97. The van der Waals surface area contributed by atoms with E-state index in [-0.39, 0.29) is 24.2 Å². The van der Waals surface area contributed by atoms with Crippen LogP contribution in [0.3, 0.4) is 0 Å². The van der Waals surface area contributed by atoms with E-state index in [1.807, 2.05) is 28.0 Å². The molecule has 0 radical (unpaired) electrons. The Bertz CT molecular complexity index is 917. The van der Waals surface area contributed by atoms with Gasteiger partial charge in [0, 0.05) is 65.0 Å². The third kappa shape index (κ3) is 5.51. The number of ether oxygens (including phenoxy) is 2. The van der Waals surface area contributed by atoms with E-state index >= 15 is 0 Å². The van der Waals surface area contributed by atoms with Crippen LogP contribution >= 0.6 is 0 Å². The van der Waals surface area contributed by atoms with Gasteiger partial charge in [-0.2, -0.15) is 5.26 Å². The molecule has 2 amide bonds. The van der Waals surface area contributed by atoms with Crippen LogP contribution in [0.5, 0.6) is 11.5 Å². The molecule has 0 atom stereocenters. The number of benzene rings is 1. The van der Waals surface area contributed by atoms with Crippen LogP contribution in [0.1, 0.15) is 24.8 Å². The second-order valence-electron chi connectivity index (χ2n) is 8.25. The molecule has 1 N–H and O–H groups in total. The Labute approximate surface area is 188 Å². The Morgan fingerprint density at radius 3 is 2.72 bits per heavy atom. The number of rotatable bonds is 8. The van der Waals surface area contributed by atoms with Gasteiger partial charge in [-0.3, -0.25) is 14.5 Å². The SMILES string of the molecule is N#C/C(=C/N1CCN(Cc2ccc3c(c2)OCO3)CC1)C(=O)NCCCN1CCCC1=O. The largest absolute Gasteiger partial charge is 0.454 e. The van der Waals surface area contributed by atoms with Crippen LogP contribution in [0, 0.1) is 11.3 Å². The number of hydrogen-bond donors (Lipinski definition) is 1. The minimum absolute atomic E-state index is 0.117. The summed E-state index contributed by atoms with van der Waals surface area (Å²) in [4.78, 5) is 30.2. The van der Waals surface area contributed by atoms with E-state index in [1.54, 1.807) is 6.20 Å². The molecule has 3 aliphatic heterocycles. The van der Waals surface area contributed by atoms with E-state index in [2.05, 4.69) is 16.3 Å². The van der Waals surface area contributed by atoms with Gasteiger partial charge >= 0.3 is 0 Å². The number of nitriles is 1. The van der Waals surface area contributed by atoms with E-state index < -0.39 is 0 Å². The molecule has 2 fully saturated rings. The lowest BCUT2D eigenvalue weighted by Crippen LogP contribution is -2.44. The van der Waals surface area contributed by atoms with Crippen molar-refractivity contribution in [1.82, 2.24) is 20.0 Å². The van der Waals surface area contributed by atoms with Crippen LogP contribution in [0.2, 0.25) is 0 Å². The predicted molar refractivity (Wildman–Crippen MR) is 117 cm³/mol. The van der Waals surface area contributed by atoms with E-state index in [1.165, 1.54) is 5.56 Å². The van der Waals surface area contributed by atoms with E-state index in [4.69, 9.17) is 9.47 Å². The second kappa shape index (κ2) is 10.4. The minimum Gasteiger partial charge on any atom is -0.454 e. The van der Waals surface area contributed by atoms with Crippen molar-refractivity contribution >= 4 is 11.8 Å². The number of piperazine rings is 1. The highest BCUT2D eigenvalue weighted by Crippen LogP contribution is 2.32. The maximum Gasteiger partial charge on any atom is 0.263 e. The number of likely N-dealkylation sites (tertiary alicyclic amines) is 1. The molecule has 1 aromatic carbocycles. The van der Waals surface area contributed by atoms with Gasteiger partial charge < -0.3 is 24.6 Å². The first kappa shape index (κ1) is 22.0. The molecular weight excluding hydrogens is 410 g/mol. The third-order valence-electron chi connectivity index (χ3n) is 5.99. The van der Waals surface area contributed by atoms with Crippen molar-refractivity contribution in [2.45, 2.75) is 25.8 Å². The third-order valence-corrected chi connectivity index (χ3v) is 5.99. The van der Waals surface area contributed by atoms with Gasteiger partial charge in [0.2, 0.25) is 12.7 Å². The van der Waals surface area contributed by atoms with Crippen LogP contribution < -0.4 is 14.8 Å². The molecular formula is C23H29N5O4. The Kier molecular flexibility index (Phi) is 7.12. The van der Waals surface area contributed by atoms with Crippen molar-refractivity contribution in [3.8, 4) is 17.6 Å². The lowest BCUT2D eigenvalue weighted by Gasteiger charge is -2.34. The molecule has 0 aliphatic carbocycles. The molecule has 2 saturated heterocycles. The Morgan fingerprint density at radius 1 is 1.16 bits per heavy atom. The van der Waals surface area contributed by atoms with Crippen LogP contribution in [0.15, 0.2) is 30.0 Å². The molecule has 9 heteroatoms. The maximum absolute atomic E-state index is 12.4. The summed E-state index contributed by atoms with van der Waals surface area (Å²) in [6.07, 6.45) is 3.89. The first-order valence-electron chi connectivity index (χ1n) is 11.2. The van der Waals surface area contributed by atoms with Gasteiger partial charge in [-0.05, 0) is 30.5 Å². The van der Waals surface area contributed by atoms with Crippen molar-refractivity contribution in [3.63, 3.8) is 0 Å². The van der Waals surface area contributed by atoms with Gasteiger partial charge in [0.1, 0.15) is 11.6 Å². The lowest BCUT2D eigenvalue weighted by atomic mass is 10.1. The number of carbonyl (C=O) groups excluding carboxylic acids is 2. The average Bonchev–Trinajstić information content (AvgIpc) is 3.44. The molecule has 0 aromatic heterocycles. The summed E-state index contributed by atoms with van der Waals surface area (Å²) in [5, 5.41) is 12.2. The van der Waals surface area contributed by atoms with Crippen molar-refractivity contribution in [3.05, 3.63) is 35.5 Å². The summed E-state index contributed by atoms with van der Waals surface area (Å²) < 4.78 is 10.8. The van der Waals surface area contributed by atoms with Gasteiger partial charge in [0.15, 0.2) is 11.5 Å². The van der Waals surface area contributed by atoms with E-state index in [0.29, 0.717) is 25.9 Å². The fourth-order valence-corrected chi connectivity index (χ4v) is 4.18. The zero-order valence-electron chi connectivity index (χ0n) is 18.2. The standard InChI is InChI=1S/C23H29N5O4/c24-14-19(23(30)25-6-2-8-28-7-1-3-22(28)29)16-27-11-9-26(10-12-27)15-18-4-5-20-21(13-18)32-17-31-20/h4-5,13,16H,1-3,6-12,15,17H2,(H,25,30)/b19-16-. The second-order valence-corrected chi connectivity index (χ2v) is 8.25. The van der Waals surface area contributed by atoms with Gasteiger partial charge in [0.25, 0.3) is 5.91 Å². The number of nitrogens with zero attached hydrogens (tertiary/aromatic N) is 4. The fraction of sp³-hybridized carbons (Fsp3) is 0.522. The molecule has 170 valence electrons. The topological polar surface area (TPSA) is 98.1 Å². The molecule has 1 aromatic rings. The fourth-order valence-electron chi connectivity index (χ4n) is 4.18. The van der Waals surface area contributed by atoms with Gasteiger partial charge in [0.05, 0.1) is 0 Å². The maximum atomic E-state index is 12.4. The summed E-state index contributed by atoms with van der Waals surface area (Å²) in [5.41, 5.74) is 1.29. The minimum atomic E-state index is -0.358. The molecule has 3 aliphatic rings. The van der Waals surface area contributed by atoms with Crippen LogP contribution in [0.4, 0.5) is 0 Å². The molecule has 3 heterocycles. The van der Waals surface area contributed by atoms with Crippen molar-refractivity contribution in [1.29, 1.82) is 5.26 Å². The summed E-state index contributed by atoms with van der Waals surface area (Å²) >= 11 is 0. The number of fused-ring (bicyclic) bond motifs is 1. The lowest BCUT2D eigenvalue weighted by molar-refractivity contribution is -0.127. The molecule has 4 rings (SSSR count). The molecule has 32 heavy (non-hydrogen) atoms. The van der Waals surface area contributed by atoms with E-state index in [0.717, 1.165) is 57.2 Å².